The van der Waals surface area contributed by atoms with Gasteiger partial charge in [0.15, 0.2) is 34.5 Å². The van der Waals surface area contributed by atoms with Gasteiger partial charge in [0.2, 0.25) is 11.8 Å². The van der Waals surface area contributed by atoms with Gasteiger partial charge in [-0.05, 0) is 186 Å². The standard InChI is InChI=1S/C35H51N3O7.C30H43N3O5.C27H45N3O6/c1-25(2)38(33(40)27-15-16-30(43-8)31(20-27)44-18-12-17-42-7)24-29-23-37(34(41)45-35(3,4)5)22-28(29)21-36(6)32(39)19-26-13-10-9-11-14-26;1-22(2)33(30(35)24-12-13-27(37-5)28(17-24)38-15-9-14-36-4)21-26-19-31-18-25(26)20-32(3)29(34)16-23-10-7-6-8-11-23;1-19(2)30(18-22-17-29(16-21(22)15-28-6)26(32)36-27(3,4)5)25(31)20-10-11-23(34-8)24(14-20)35-13-9-12-33-7/h9-11,13-16,20,25,28-29H,12,17-19,21-24H2,1-8H3;6-8,10-13,17,22,25-26,31H,9,14-16,18-21H2,1-5H3;10-11,14,19,21-22,28H,9,12-13,15-18H2,1-8H3/t28-,29+;25-,26-;21-,22+/m101/s1. The molecule has 0 spiro atoms. The van der Waals surface area contributed by atoms with Crippen LogP contribution in [0.1, 0.15) is 145 Å². The van der Waals surface area contributed by atoms with E-state index in [-0.39, 0.29) is 95.4 Å². The van der Waals surface area contributed by atoms with Crippen molar-refractivity contribution in [1.29, 1.82) is 0 Å². The van der Waals surface area contributed by atoms with Crippen LogP contribution < -0.4 is 39.1 Å². The third-order valence-corrected chi connectivity index (χ3v) is 21.1. The second-order valence-corrected chi connectivity index (χ2v) is 33.8. The fraction of sp³-hybridized carbons (Fsp3) is 0.598. The number of methoxy groups -OCH3 is 6. The van der Waals surface area contributed by atoms with Gasteiger partial charge in [0.05, 0.1) is 54.0 Å². The fourth-order valence-corrected chi connectivity index (χ4v) is 14.6. The molecule has 2 N–H and O–H groups in total. The number of likely N-dealkylation sites (tertiary alicyclic amines) is 2. The van der Waals surface area contributed by atoms with Gasteiger partial charge in [-0.3, -0.25) is 24.0 Å². The summed E-state index contributed by atoms with van der Waals surface area (Å²) in [5.74, 6) is 3.90. The monoisotopic (exact) mass is 1660 g/mol. The first-order chi connectivity index (χ1) is 56.7. The number of amides is 7. The van der Waals surface area contributed by atoms with Crippen molar-refractivity contribution in [2.75, 3.05) is 182 Å². The molecule has 660 valence electrons. The summed E-state index contributed by atoms with van der Waals surface area (Å²) in [7, 11) is 15.3. The van der Waals surface area contributed by atoms with E-state index in [4.69, 9.17) is 52.1 Å². The number of hydrogen-bond donors (Lipinski definition) is 2. The van der Waals surface area contributed by atoms with Crippen molar-refractivity contribution in [3.63, 3.8) is 0 Å². The van der Waals surface area contributed by atoms with E-state index in [0.717, 1.165) is 43.6 Å². The average molecular weight is 1660 g/mol. The van der Waals surface area contributed by atoms with Gasteiger partial charge in [-0.15, -0.1) is 0 Å². The lowest BCUT2D eigenvalue weighted by molar-refractivity contribution is -0.130. The molecule has 0 unspecified atom stereocenters. The van der Waals surface area contributed by atoms with Gasteiger partial charge in [-0.1, -0.05) is 60.7 Å². The van der Waals surface area contributed by atoms with E-state index < -0.39 is 11.2 Å². The third-order valence-electron chi connectivity index (χ3n) is 21.1. The van der Waals surface area contributed by atoms with E-state index >= 15 is 0 Å². The van der Waals surface area contributed by atoms with Crippen molar-refractivity contribution in [2.45, 2.75) is 145 Å². The molecule has 0 radical (unpaired) electrons. The molecule has 3 saturated heterocycles. The molecular formula is C92H139N9O18. The van der Waals surface area contributed by atoms with Crippen molar-refractivity contribution in [3.8, 4) is 34.5 Å². The van der Waals surface area contributed by atoms with E-state index in [2.05, 4.69) is 10.6 Å². The van der Waals surface area contributed by atoms with E-state index in [1.54, 1.807) is 119 Å². The Morgan fingerprint density at radius 3 is 1.03 bits per heavy atom. The second kappa shape index (κ2) is 49.4. The first kappa shape index (κ1) is 98.4. The molecule has 0 aromatic heterocycles. The minimum atomic E-state index is -0.634. The summed E-state index contributed by atoms with van der Waals surface area (Å²) >= 11 is 0. The van der Waals surface area contributed by atoms with Crippen LogP contribution >= 0.6 is 0 Å². The number of carbonyl (C=O) groups excluding carboxylic acids is 7. The quantitative estimate of drug-likeness (QED) is 0.0345. The molecule has 0 saturated carbocycles. The molecule has 6 atom stereocenters. The highest BCUT2D eigenvalue weighted by Crippen LogP contribution is 2.36. The molecule has 3 heterocycles. The predicted octanol–water partition coefficient (Wildman–Crippen LogP) is 12.3. The van der Waals surface area contributed by atoms with Crippen molar-refractivity contribution >= 4 is 41.7 Å². The highest BCUT2D eigenvalue weighted by atomic mass is 16.6. The Labute approximate surface area is 708 Å². The normalized spacial score (nSPS) is 17.0. The zero-order valence-electron chi connectivity index (χ0n) is 74.9. The predicted molar refractivity (Wildman–Crippen MR) is 462 cm³/mol. The van der Waals surface area contributed by atoms with Gasteiger partial charge in [0.1, 0.15) is 11.2 Å². The van der Waals surface area contributed by atoms with Crippen molar-refractivity contribution < 1.29 is 85.7 Å². The Balaban J connectivity index is 0.000000279. The highest BCUT2D eigenvalue weighted by molar-refractivity contribution is 5.96. The SMILES string of the molecule is CNC[C@@H]1CN(C(=O)OC(C)(C)C)C[C@H]1CN(C(=O)c1ccc(OC)c(OCCCOC)c1)C(C)C.COCCCOc1cc(C(=O)N(C[C@@H]2CN(C(=O)OC(C)(C)C)C[C@H]2CN(C)C(=O)Cc2ccccc2)C(C)C)ccc1OC.COCCCOc1cc(C(=O)N(C[C@@H]2CNC[C@H]2CN(C)C(=O)Cc2ccccc2)C(C)C)ccc1OC. The topological polar surface area (TPSA) is 268 Å². The van der Waals surface area contributed by atoms with Gasteiger partial charge >= 0.3 is 12.2 Å². The molecule has 119 heavy (non-hydrogen) atoms. The van der Waals surface area contributed by atoms with Crippen LogP contribution in [0.4, 0.5) is 9.59 Å². The Kier molecular flexibility index (Phi) is 40.8. The van der Waals surface area contributed by atoms with Crippen LogP contribution in [0.3, 0.4) is 0 Å². The molecule has 0 aliphatic carbocycles. The van der Waals surface area contributed by atoms with Gasteiger partial charge < -0.3 is 97.0 Å². The molecule has 0 bridgehead atoms. The van der Waals surface area contributed by atoms with Gasteiger partial charge in [-0.25, -0.2) is 9.59 Å². The van der Waals surface area contributed by atoms with Crippen LogP contribution in [0.15, 0.2) is 115 Å². The van der Waals surface area contributed by atoms with Crippen LogP contribution in [-0.4, -0.2) is 287 Å². The number of carbonyl (C=O) groups is 7. The minimum absolute atomic E-state index is 0.00345. The van der Waals surface area contributed by atoms with Crippen LogP contribution in [0.5, 0.6) is 34.5 Å². The van der Waals surface area contributed by atoms with Crippen LogP contribution in [0.25, 0.3) is 0 Å². The van der Waals surface area contributed by atoms with Crippen LogP contribution in [-0.2, 0) is 46.1 Å². The first-order valence-corrected chi connectivity index (χ1v) is 41.9. The molecule has 7 amide bonds. The zero-order valence-corrected chi connectivity index (χ0v) is 74.9. The fourth-order valence-electron chi connectivity index (χ4n) is 14.6. The summed E-state index contributed by atoms with van der Waals surface area (Å²) in [6.07, 6.45) is 2.18. The van der Waals surface area contributed by atoms with Crippen molar-refractivity contribution in [2.24, 2.45) is 35.5 Å². The summed E-state index contributed by atoms with van der Waals surface area (Å²) < 4.78 is 60.6. The number of hydrogen-bond acceptors (Lipinski definition) is 20. The van der Waals surface area contributed by atoms with Gasteiger partial charge in [-0.2, -0.15) is 0 Å². The summed E-state index contributed by atoms with van der Waals surface area (Å²) in [4.78, 5) is 106. The lowest BCUT2D eigenvalue weighted by Gasteiger charge is -2.33. The minimum Gasteiger partial charge on any atom is -0.493 e. The maximum Gasteiger partial charge on any atom is 0.410 e. The maximum absolute atomic E-state index is 14.0. The van der Waals surface area contributed by atoms with E-state index in [0.29, 0.717) is 169 Å². The lowest BCUT2D eigenvalue weighted by atomic mass is 9.94. The molecule has 27 nitrogen and oxygen atoms in total. The van der Waals surface area contributed by atoms with Gasteiger partial charge in [0.25, 0.3) is 17.7 Å². The summed E-state index contributed by atoms with van der Waals surface area (Å²) in [6, 6.07) is 35.2. The smallest absolute Gasteiger partial charge is 0.410 e. The lowest BCUT2D eigenvalue weighted by Crippen LogP contribution is -2.44. The molecule has 5 aromatic rings. The highest BCUT2D eigenvalue weighted by Gasteiger charge is 2.42. The number of ether oxygens (including phenoxy) is 11. The first-order valence-electron chi connectivity index (χ1n) is 41.9. The molecule has 3 fully saturated rings. The number of nitrogens with zero attached hydrogens (tertiary/aromatic N) is 7. The zero-order chi connectivity index (χ0) is 87.5. The van der Waals surface area contributed by atoms with Crippen LogP contribution in [0.2, 0.25) is 0 Å². The molecule has 27 heteroatoms. The third kappa shape index (κ3) is 31.9. The van der Waals surface area contributed by atoms with Crippen molar-refractivity contribution in [3.05, 3.63) is 143 Å². The average Bonchev–Trinajstić information content (AvgIpc) is 1.78. The Morgan fingerprint density at radius 2 is 0.714 bits per heavy atom. The van der Waals surface area contributed by atoms with Gasteiger partial charge in [0, 0.05) is 193 Å². The molecular weight excluding hydrogens is 1520 g/mol. The Bertz CT molecular complexity index is 3930. The summed E-state index contributed by atoms with van der Waals surface area (Å²) in [5, 5.41) is 6.71. The Morgan fingerprint density at radius 1 is 0.412 bits per heavy atom. The maximum atomic E-state index is 14.0. The molecule has 8 rings (SSSR count). The Hall–Kier alpha value is -9.41. The number of benzene rings is 5. The second-order valence-electron chi connectivity index (χ2n) is 33.8. The number of rotatable bonds is 40. The van der Waals surface area contributed by atoms with E-state index in [1.807, 2.05) is 177 Å². The van der Waals surface area contributed by atoms with Crippen LogP contribution in [0, 0.1) is 35.5 Å². The summed E-state index contributed by atoms with van der Waals surface area (Å²) in [6.45, 7) is 33.4. The number of nitrogens with one attached hydrogen (secondary N) is 2. The number of likely N-dealkylation sites (N-methyl/N-ethyl adjacent to an activating group) is 2. The molecule has 3 aliphatic rings. The van der Waals surface area contributed by atoms with Crippen molar-refractivity contribution in [1.82, 2.24) is 44.9 Å². The van der Waals surface area contributed by atoms with E-state index in [1.165, 1.54) is 0 Å². The molecule has 3 aliphatic heterocycles. The van der Waals surface area contributed by atoms with E-state index in [9.17, 15) is 33.6 Å². The summed E-state index contributed by atoms with van der Waals surface area (Å²) in [5.41, 5.74) is 2.38. The largest absolute Gasteiger partial charge is 0.493 e. The molecule has 5 aromatic carbocycles.